The lowest BCUT2D eigenvalue weighted by molar-refractivity contribution is -0.137. The van der Waals surface area contributed by atoms with Crippen molar-refractivity contribution in [3.63, 3.8) is 0 Å². The van der Waals surface area contributed by atoms with Crippen molar-refractivity contribution in [2.45, 2.75) is 65.5 Å². The monoisotopic (exact) mass is 258 g/mol. The molecule has 5 heteroatoms. The van der Waals surface area contributed by atoms with Crippen LogP contribution in [-0.2, 0) is 4.79 Å². The van der Waals surface area contributed by atoms with Crippen LogP contribution in [0.4, 0.5) is 4.79 Å². The van der Waals surface area contributed by atoms with Crippen LogP contribution in [-0.4, -0.2) is 29.2 Å². The first-order valence-electron chi connectivity index (χ1n) is 6.60. The van der Waals surface area contributed by atoms with Gasteiger partial charge in [-0.05, 0) is 26.2 Å². The largest absolute Gasteiger partial charge is 0.481 e. The van der Waals surface area contributed by atoms with Gasteiger partial charge in [0.2, 0.25) is 0 Å². The van der Waals surface area contributed by atoms with Crippen LogP contribution < -0.4 is 10.6 Å². The molecule has 18 heavy (non-hydrogen) atoms. The molecule has 0 aliphatic heterocycles. The molecular formula is C13H26N2O3. The molecule has 0 aliphatic rings. The molecule has 2 atom stereocenters. The van der Waals surface area contributed by atoms with E-state index in [1.54, 1.807) is 6.92 Å². The number of nitrogens with one attached hydrogen (secondary N) is 2. The van der Waals surface area contributed by atoms with Crippen LogP contribution in [0.5, 0.6) is 0 Å². The fourth-order valence-corrected chi connectivity index (χ4v) is 1.71. The molecule has 0 aliphatic carbocycles. The van der Waals surface area contributed by atoms with E-state index < -0.39 is 5.97 Å². The first kappa shape index (κ1) is 16.7. The number of carboxylic acids is 1. The van der Waals surface area contributed by atoms with Gasteiger partial charge in [-0.15, -0.1) is 0 Å². The van der Waals surface area contributed by atoms with Crippen LogP contribution in [0.15, 0.2) is 0 Å². The molecular weight excluding hydrogens is 232 g/mol. The van der Waals surface area contributed by atoms with Crippen LogP contribution in [0.2, 0.25) is 0 Å². The van der Waals surface area contributed by atoms with Crippen molar-refractivity contribution in [3.8, 4) is 0 Å². The number of carbonyl (C=O) groups excluding carboxylic acids is 1. The van der Waals surface area contributed by atoms with Gasteiger partial charge in [0.15, 0.2) is 0 Å². The minimum absolute atomic E-state index is 0.0604. The van der Waals surface area contributed by atoms with Crippen LogP contribution in [0, 0.1) is 5.92 Å². The Balaban J connectivity index is 3.76. The highest BCUT2D eigenvalue weighted by molar-refractivity contribution is 5.75. The fourth-order valence-electron chi connectivity index (χ4n) is 1.71. The van der Waals surface area contributed by atoms with Gasteiger partial charge in [-0.3, -0.25) is 4.79 Å². The van der Waals surface area contributed by atoms with Gasteiger partial charge in [0, 0.05) is 12.1 Å². The van der Waals surface area contributed by atoms with Crippen molar-refractivity contribution in [1.29, 1.82) is 0 Å². The molecule has 0 aromatic heterocycles. The van der Waals surface area contributed by atoms with Crippen molar-refractivity contribution >= 4 is 12.0 Å². The second kappa shape index (κ2) is 8.78. The summed E-state index contributed by atoms with van der Waals surface area (Å²) in [6, 6.07) is -0.535. The van der Waals surface area contributed by atoms with Gasteiger partial charge in [-0.25, -0.2) is 4.79 Å². The van der Waals surface area contributed by atoms with Gasteiger partial charge in [0.25, 0.3) is 0 Å². The molecule has 0 fully saturated rings. The lowest BCUT2D eigenvalue weighted by Gasteiger charge is -2.17. The van der Waals surface area contributed by atoms with E-state index in [2.05, 4.69) is 24.5 Å². The Labute approximate surface area is 109 Å². The Morgan fingerprint density at radius 1 is 1.00 bits per heavy atom. The average Bonchev–Trinajstić information content (AvgIpc) is 2.14. The van der Waals surface area contributed by atoms with Crippen LogP contribution >= 0.6 is 0 Å². The van der Waals surface area contributed by atoms with E-state index in [4.69, 9.17) is 5.11 Å². The molecule has 3 N–H and O–H groups in total. The van der Waals surface area contributed by atoms with Gasteiger partial charge >= 0.3 is 12.0 Å². The zero-order valence-electron chi connectivity index (χ0n) is 11.8. The van der Waals surface area contributed by atoms with E-state index in [1.165, 1.54) is 0 Å². The molecule has 2 unspecified atom stereocenters. The minimum Gasteiger partial charge on any atom is -0.481 e. The first-order chi connectivity index (χ1) is 8.31. The number of hydrogen-bond acceptors (Lipinski definition) is 2. The molecule has 106 valence electrons. The summed E-state index contributed by atoms with van der Waals surface area (Å²) in [5.74, 6) is -0.227. The maximum absolute atomic E-state index is 11.5. The zero-order chi connectivity index (χ0) is 14.1. The Morgan fingerprint density at radius 2 is 1.56 bits per heavy atom. The number of carbonyl (C=O) groups is 2. The summed E-state index contributed by atoms with van der Waals surface area (Å²) < 4.78 is 0. The maximum atomic E-state index is 11.5. The number of rotatable bonds is 8. The van der Waals surface area contributed by atoms with Gasteiger partial charge < -0.3 is 15.7 Å². The second-order valence-corrected chi connectivity index (χ2v) is 5.34. The van der Waals surface area contributed by atoms with E-state index in [1.807, 2.05) is 6.92 Å². The highest BCUT2D eigenvalue weighted by atomic mass is 16.4. The lowest BCUT2D eigenvalue weighted by atomic mass is 10.0. The van der Waals surface area contributed by atoms with Crippen molar-refractivity contribution in [2.24, 2.45) is 5.92 Å². The molecule has 5 nitrogen and oxygen atoms in total. The van der Waals surface area contributed by atoms with Crippen molar-refractivity contribution in [1.82, 2.24) is 10.6 Å². The van der Waals surface area contributed by atoms with E-state index in [0.29, 0.717) is 5.92 Å². The second-order valence-electron chi connectivity index (χ2n) is 5.34. The predicted octanol–water partition coefficient (Wildman–Crippen LogP) is 2.36. The Bertz CT molecular complexity index is 267. The summed E-state index contributed by atoms with van der Waals surface area (Å²) in [5.41, 5.74) is 0. The summed E-state index contributed by atoms with van der Waals surface area (Å²) >= 11 is 0. The standard InChI is InChI=1S/C13H26N2O3/c1-9(2)6-5-7-10(3)14-13(18)15-11(4)8-12(16)17/h9-11H,5-8H2,1-4H3,(H,16,17)(H2,14,15,18). The van der Waals surface area contributed by atoms with Crippen LogP contribution in [0.3, 0.4) is 0 Å². The smallest absolute Gasteiger partial charge is 0.315 e. The lowest BCUT2D eigenvalue weighted by Crippen LogP contribution is -2.45. The number of carboxylic acid groups (broad SMARTS) is 1. The first-order valence-corrected chi connectivity index (χ1v) is 6.60. The predicted molar refractivity (Wildman–Crippen MR) is 71.5 cm³/mol. The molecule has 0 aromatic carbocycles. The Kier molecular flexibility index (Phi) is 8.16. The van der Waals surface area contributed by atoms with E-state index in [0.717, 1.165) is 19.3 Å². The third kappa shape index (κ3) is 9.93. The third-order valence-electron chi connectivity index (χ3n) is 2.65. The summed E-state index contributed by atoms with van der Waals surface area (Å²) in [5, 5.41) is 14.0. The van der Waals surface area contributed by atoms with E-state index >= 15 is 0 Å². The summed E-state index contributed by atoms with van der Waals surface area (Å²) in [7, 11) is 0. The number of hydrogen-bond donors (Lipinski definition) is 3. The summed E-state index contributed by atoms with van der Waals surface area (Å²) in [6.45, 7) is 8.00. The normalized spacial score (nSPS) is 14.1. The van der Waals surface area contributed by atoms with Gasteiger partial charge in [-0.1, -0.05) is 26.7 Å². The molecule has 0 saturated heterocycles. The zero-order valence-corrected chi connectivity index (χ0v) is 11.8. The highest BCUT2D eigenvalue weighted by Crippen LogP contribution is 2.08. The number of aliphatic carboxylic acids is 1. The molecule has 0 saturated carbocycles. The van der Waals surface area contributed by atoms with Crippen molar-refractivity contribution in [3.05, 3.63) is 0 Å². The Morgan fingerprint density at radius 3 is 2.06 bits per heavy atom. The summed E-state index contributed by atoms with van der Waals surface area (Å²) in [6.07, 6.45) is 3.13. The molecule has 0 bridgehead atoms. The molecule has 0 radical (unpaired) electrons. The molecule has 0 heterocycles. The third-order valence-corrected chi connectivity index (χ3v) is 2.65. The summed E-state index contributed by atoms with van der Waals surface area (Å²) in [4.78, 5) is 22.0. The van der Waals surface area contributed by atoms with Crippen molar-refractivity contribution < 1.29 is 14.7 Å². The highest BCUT2D eigenvalue weighted by Gasteiger charge is 2.12. The maximum Gasteiger partial charge on any atom is 0.315 e. The van der Waals surface area contributed by atoms with E-state index in [-0.39, 0.29) is 24.5 Å². The SMILES string of the molecule is CC(C)CCCC(C)NC(=O)NC(C)CC(=O)O. The van der Waals surface area contributed by atoms with Gasteiger partial charge in [0.05, 0.1) is 6.42 Å². The molecule has 2 amide bonds. The fraction of sp³-hybridized carbons (Fsp3) is 0.846. The van der Waals surface area contributed by atoms with Gasteiger partial charge in [-0.2, -0.15) is 0 Å². The van der Waals surface area contributed by atoms with Crippen LogP contribution in [0.25, 0.3) is 0 Å². The number of amides is 2. The van der Waals surface area contributed by atoms with E-state index in [9.17, 15) is 9.59 Å². The van der Waals surface area contributed by atoms with Gasteiger partial charge in [0.1, 0.15) is 0 Å². The van der Waals surface area contributed by atoms with Crippen molar-refractivity contribution in [2.75, 3.05) is 0 Å². The topological polar surface area (TPSA) is 78.4 Å². The molecule has 0 rings (SSSR count). The Hall–Kier alpha value is -1.26. The number of urea groups is 1. The quantitative estimate of drug-likeness (QED) is 0.625. The minimum atomic E-state index is -0.909. The van der Waals surface area contributed by atoms with Crippen LogP contribution in [0.1, 0.15) is 53.4 Å². The average molecular weight is 258 g/mol. The molecule has 0 spiro atoms. The molecule has 0 aromatic rings.